The van der Waals surface area contributed by atoms with E-state index in [1.807, 2.05) is 13.8 Å². The zero-order valence-electron chi connectivity index (χ0n) is 17.3. The summed E-state index contributed by atoms with van der Waals surface area (Å²) in [5.41, 5.74) is 6.11. The Labute approximate surface area is 180 Å². The van der Waals surface area contributed by atoms with Crippen LogP contribution >= 0.6 is 11.6 Å². The molecule has 1 aliphatic heterocycles. The van der Waals surface area contributed by atoms with Crippen molar-refractivity contribution in [3.63, 3.8) is 0 Å². The van der Waals surface area contributed by atoms with Gasteiger partial charge in [0.15, 0.2) is 0 Å². The molecular formula is C21H29ClF3N3O2. The maximum absolute atomic E-state index is 12.8. The van der Waals surface area contributed by atoms with Gasteiger partial charge in [0.25, 0.3) is 0 Å². The van der Waals surface area contributed by atoms with Crippen LogP contribution in [0.3, 0.4) is 0 Å². The van der Waals surface area contributed by atoms with Gasteiger partial charge in [0.2, 0.25) is 11.8 Å². The average molecular weight is 448 g/mol. The number of likely N-dealkylation sites (tertiary alicyclic amines) is 1. The number of hydrogen-bond donors (Lipinski definition) is 2. The first-order valence-electron chi connectivity index (χ1n) is 10.2. The minimum absolute atomic E-state index is 0.0171. The first-order chi connectivity index (χ1) is 14.0. The highest BCUT2D eigenvalue weighted by atomic mass is 35.5. The molecule has 3 unspecified atom stereocenters. The molecule has 3 N–H and O–H groups in total. The Hall–Kier alpha value is -1.80. The van der Waals surface area contributed by atoms with Crippen LogP contribution in [0.4, 0.5) is 13.2 Å². The SMILES string of the molecule is CCC(C)CC(=O)N1CCCC1C(=O)NCc1cc(Cl)ccc1CC(N)C(F)(F)F. The summed E-state index contributed by atoms with van der Waals surface area (Å²) in [4.78, 5) is 26.9. The van der Waals surface area contributed by atoms with E-state index in [1.165, 1.54) is 18.2 Å². The Morgan fingerprint density at radius 3 is 2.67 bits per heavy atom. The molecule has 2 rings (SSSR count). The van der Waals surface area contributed by atoms with Crippen LogP contribution in [0.2, 0.25) is 5.02 Å². The molecule has 1 aliphatic rings. The molecule has 0 aliphatic carbocycles. The molecular weight excluding hydrogens is 419 g/mol. The highest BCUT2D eigenvalue weighted by molar-refractivity contribution is 6.30. The summed E-state index contributed by atoms with van der Waals surface area (Å²) in [7, 11) is 0. The number of carbonyl (C=O) groups excluding carboxylic acids is 2. The summed E-state index contributed by atoms with van der Waals surface area (Å²) in [6.07, 6.45) is -2.33. The largest absolute Gasteiger partial charge is 0.403 e. The lowest BCUT2D eigenvalue weighted by atomic mass is 10.00. The Morgan fingerprint density at radius 2 is 2.03 bits per heavy atom. The van der Waals surface area contributed by atoms with E-state index in [0.29, 0.717) is 35.5 Å². The van der Waals surface area contributed by atoms with Gasteiger partial charge in [-0.05, 0) is 48.4 Å². The Balaban J connectivity index is 2.05. The summed E-state index contributed by atoms with van der Waals surface area (Å²) in [6, 6.07) is 1.96. The second-order valence-electron chi connectivity index (χ2n) is 7.95. The number of carbonyl (C=O) groups is 2. The van der Waals surface area contributed by atoms with Crippen molar-refractivity contribution in [2.24, 2.45) is 11.7 Å². The highest BCUT2D eigenvalue weighted by Gasteiger charge is 2.37. The van der Waals surface area contributed by atoms with Crippen molar-refractivity contribution in [3.05, 3.63) is 34.3 Å². The van der Waals surface area contributed by atoms with Crippen LogP contribution in [0.1, 0.15) is 50.7 Å². The van der Waals surface area contributed by atoms with Gasteiger partial charge in [-0.2, -0.15) is 13.2 Å². The van der Waals surface area contributed by atoms with Gasteiger partial charge >= 0.3 is 6.18 Å². The fourth-order valence-electron chi connectivity index (χ4n) is 3.51. The van der Waals surface area contributed by atoms with Crippen molar-refractivity contribution in [2.75, 3.05) is 6.54 Å². The number of nitrogens with two attached hydrogens (primary N) is 1. The van der Waals surface area contributed by atoms with E-state index >= 15 is 0 Å². The standard InChI is InChI=1S/C21H29ClF3N3O2/c1-3-13(2)9-19(29)28-8-4-5-17(28)20(30)27-12-15-10-16(22)7-6-14(15)11-18(26)21(23,24)25/h6-7,10,13,17-18H,3-5,8-9,11-12,26H2,1-2H3,(H,27,30). The van der Waals surface area contributed by atoms with Crippen molar-refractivity contribution in [1.82, 2.24) is 10.2 Å². The van der Waals surface area contributed by atoms with E-state index < -0.39 is 24.7 Å². The Bertz CT molecular complexity index is 758. The molecule has 3 atom stereocenters. The van der Waals surface area contributed by atoms with Crippen molar-refractivity contribution in [2.45, 2.75) is 70.8 Å². The zero-order valence-corrected chi connectivity index (χ0v) is 18.0. The van der Waals surface area contributed by atoms with Gasteiger partial charge in [-0.3, -0.25) is 9.59 Å². The van der Waals surface area contributed by atoms with E-state index in [9.17, 15) is 22.8 Å². The van der Waals surface area contributed by atoms with Gasteiger partial charge in [0.05, 0.1) is 0 Å². The number of nitrogens with one attached hydrogen (secondary N) is 1. The van der Waals surface area contributed by atoms with Gasteiger partial charge in [-0.1, -0.05) is 37.9 Å². The third-order valence-corrected chi connectivity index (χ3v) is 5.81. The Morgan fingerprint density at radius 1 is 1.33 bits per heavy atom. The van der Waals surface area contributed by atoms with E-state index in [2.05, 4.69) is 5.32 Å². The molecule has 2 amide bonds. The molecule has 9 heteroatoms. The lowest BCUT2D eigenvalue weighted by Crippen LogP contribution is -2.46. The number of alkyl halides is 3. The van der Waals surface area contributed by atoms with Crippen molar-refractivity contribution < 1.29 is 22.8 Å². The minimum atomic E-state index is -4.51. The van der Waals surface area contributed by atoms with Crippen LogP contribution < -0.4 is 11.1 Å². The molecule has 1 saturated heterocycles. The van der Waals surface area contributed by atoms with E-state index in [0.717, 1.165) is 12.8 Å². The second-order valence-corrected chi connectivity index (χ2v) is 8.38. The molecule has 0 saturated carbocycles. The number of rotatable bonds is 8. The normalized spacial score (nSPS) is 18.9. The van der Waals surface area contributed by atoms with Crippen LogP contribution in [0.25, 0.3) is 0 Å². The quantitative estimate of drug-likeness (QED) is 0.636. The molecule has 1 aromatic carbocycles. The van der Waals surface area contributed by atoms with Crippen LogP contribution in [0.5, 0.6) is 0 Å². The zero-order chi connectivity index (χ0) is 22.5. The van der Waals surface area contributed by atoms with Crippen LogP contribution in [0, 0.1) is 5.92 Å². The van der Waals surface area contributed by atoms with Crippen LogP contribution in [-0.2, 0) is 22.6 Å². The van der Waals surface area contributed by atoms with E-state index in [1.54, 1.807) is 4.90 Å². The summed E-state index contributed by atoms with van der Waals surface area (Å²) in [5, 5.41) is 3.12. The lowest BCUT2D eigenvalue weighted by Gasteiger charge is -2.25. The lowest BCUT2D eigenvalue weighted by molar-refractivity contribution is -0.147. The smallest absolute Gasteiger partial charge is 0.350 e. The summed E-state index contributed by atoms with van der Waals surface area (Å²) in [5.74, 6) is -0.105. The summed E-state index contributed by atoms with van der Waals surface area (Å²) < 4.78 is 38.5. The molecule has 1 fully saturated rings. The molecule has 0 aromatic heterocycles. The van der Waals surface area contributed by atoms with E-state index in [4.69, 9.17) is 17.3 Å². The van der Waals surface area contributed by atoms with Gasteiger partial charge in [0.1, 0.15) is 12.1 Å². The van der Waals surface area contributed by atoms with Crippen molar-refractivity contribution >= 4 is 23.4 Å². The van der Waals surface area contributed by atoms with Gasteiger partial charge < -0.3 is 16.0 Å². The number of nitrogens with zero attached hydrogens (tertiary/aromatic N) is 1. The first kappa shape index (κ1) is 24.5. The fourth-order valence-corrected chi connectivity index (χ4v) is 3.70. The van der Waals surface area contributed by atoms with Crippen molar-refractivity contribution in [1.29, 1.82) is 0 Å². The maximum atomic E-state index is 12.8. The molecule has 0 radical (unpaired) electrons. The van der Waals surface area contributed by atoms with Crippen LogP contribution in [-0.4, -0.2) is 41.5 Å². The number of hydrogen-bond acceptors (Lipinski definition) is 3. The molecule has 0 spiro atoms. The maximum Gasteiger partial charge on any atom is 0.403 e. The number of halogens is 4. The van der Waals surface area contributed by atoms with E-state index in [-0.39, 0.29) is 24.3 Å². The third-order valence-electron chi connectivity index (χ3n) is 5.58. The number of amides is 2. The molecule has 168 valence electrons. The Kier molecular flexibility index (Phi) is 8.55. The first-order valence-corrected chi connectivity index (χ1v) is 10.6. The molecule has 5 nitrogen and oxygen atoms in total. The molecule has 1 aromatic rings. The minimum Gasteiger partial charge on any atom is -0.350 e. The van der Waals surface area contributed by atoms with Gasteiger partial charge in [-0.15, -0.1) is 0 Å². The third kappa shape index (κ3) is 6.60. The predicted molar refractivity (Wildman–Crippen MR) is 110 cm³/mol. The molecule has 1 heterocycles. The predicted octanol–water partition coefficient (Wildman–Crippen LogP) is 3.82. The molecule has 0 bridgehead atoms. The summed E-state index contributed by atoms with van der Waals surface area (Å²) >= 11 is 5.99. The second kappa shape index (κ2) is 10.5. The monoisotopic (exact) mass is 447 g/mol. The topological polar surface area (TPSA) is 75.4 Å². The molecule has 30 heavy (non-hydrogen) atoms. The average Bonchev–Trinajstić information content (AvgIpc) is 3.17. The number of benzene rings is 1. The highest BCUT2D eigenvalue weighted by Crippen LogP contribution is 2.25. The van der Waals surface area contributed by atoms with Gasteiger partial charge in [-0.25, -0.2) is 0 Å². The van der Waals surface area contributed by atoms with Crippen LogP contribution in [0.15, 0.2) is 18.2 Å². The summed E-state index contributed by atoms with van der Waals surface area (Å²) in [6.45, 7) is 4.56. The van der Waals surface area contributed by atoms with Crippen molar-refractivity contribution in [3.8, 4) is 0 Å². The van der Waals surface area contributed by atoms with Gasteiger partial charge in [0, 0.05) is 24.5 Å². The fraction of sp³-hybridized carbons (Fsp3) is 0.619.